The van der Waals surface area contributed by atoms with E-state index in [1.54, 1.807) is 6.92 Å². The van der Waals surface area contributed by atoms with Crippen LogP contribution in [0.15, 0.2) is 0 Å². The Labute approximate surface area is 156 Å². The van der Waals surface area contributed by atoms with Crippen LogP contribution in [0.5, 0.6) is 0 Å². The molecule has 0 aromatic heterocycles. The number of β-lactam (4-membered cyclic amide) rings is 1. The number of fused-ring (bicyclic) bond motifs is 1. The normalized spacial score (nSPS) is 37.4. The number of carbonyl (C=O) groups is 4. The number of rotatable bonds is 4. The molecule has 0 bridgehead atoms. The molecule has 0 saturated carbocycles. The number of aliphatic hydroxyl groups excluding tert-OH is 1. The summed E-state index contributed by atoms with van der Waals surface area (Å²) >= 11 is 1.35. The third-order valence-corrected chi connectivity index (χ3v) is 7.48. The number of likely N-dealkylation sites (tertiary alicyclic amines) is 1. The molecule has 0 radical (unpaired) electrons. The molecule has 7 unspecified atom stereocenters. The second-order valence-corrected chi connectivity index (χ2v) is 8.60. The Balaban J connectivity index is 1.83. The van der Waals surface area contributed by atoms with E-state index in [-0.39, 0.29) is 34.9 Å². The molecule has 3 aliphatic rings. The van der Waals surface area contributed by atoms with Gasteiger partial charge in [-0.1, -0.05) is 6.92 Å². The van der Waals surface area contributed by atoms with Gasteiger partial charge in [-0.3, -0.25) is 19.3 Å². The van der Waals surface area contributed by atoms with Crippen molar-refractivity contribution in [2.75, 3.05) is 13.7 Å². The van der Waals surface area contributed by atoms with Crippen molar-refractivity contribution in [2.45, 2.75) is 55.9 Å². The van der Waals surface area contributed by atoms with E-state index in [1.807, 2.05) is 6.92 Å². The highest BCUT2D eigenvalue weighted by Crippen LogP contribution is 2.50. The van der Waals surface area contributed by atoms with Gasteiger partial charge in [-0.15, -0.1) is 11.8 Å². The summed E-state index contributed by atoms with van der Waals surface area (Å²) in [6.45, 7) is 5.24. The van der Waals surface area contributed by atoms with E-state index in [0.717, 1.165) is 0 Å². The second-order valence-electron chi connectivity index (χ2n) is 7.22. The molecule has 9 heteroatoms. The van der Waals surface area contributed by atoms with Gasteiger partial charge in [0.2, 0.25) is 17.7 Å². The molecule has 0 aromatic rings. The molecule has 0 aliphatic carbocycles. The van der Waals surface area contributed by atoms with Gasteiger partial charge in [0.25, 0.3) is 0 Å². The lowest BCUT2D eigenvalue weighted by Crippen LogP contribution is -2.65. The number of aliphatic hydroxyl groups is 1. The smallest absolute Gasteiger partial charge is 0.329 e. The minimum Gasteiger partial charge on any atom is -0.467 e. The van der Waals surface area contributed by atoms with Crippen molar-refractivity contribution in [1.82, 2.24) is 9.80 Å². The average Bonchev–Trinajstić information content (AvgIpc) is 3.04. The second kappa shape index (κ2) is 6.84. The predicted molar refractivity (Wildman–Crippen MR) is 93.0 cm³/mol. The zero-order chi connectivity index (χ0) is 19.3. The summed E-state index contributed by atoms with van der Waals surface area (Å²) in [6, 6.07) is -1.02. The molecule has 3 amide bonds. The first-order valence-corrected chi connectivity index (χ1v) is 9.70. The van der Waals surface area contributed by atoms with Gasteiger partial charge in [0, 0.05) is 18.7 Å². The number of carbonyl (C=O) groups excluding carboxylic acids is 4. The molecule has 3 heterocycles. The quantitative estimate of drug-likeness (QED) is 0.521. The summed E-state index contributed by atoms with van der Waals surface area (Å²) in [4.78, 5) is 51.6. The number of amides is 3. The van der Waals surface area contributed by atoms with Gasteiger partial charge in [-0.05, 0) is 19.3 Å². The van der Waals surface area contributed by atoms with Crippen LogP contribution in [0.3, 0.4) is 0 Å². The molecule has 3 rings (SSSR count). The molecule has 3 fully saturated rings. The minimum atomic E-state index is -0.797. The third-order valence-electron chi connectivity index (χ3n) is 5.72. The predicted octanol–water partition coefficient (Wildman–Crippen LogP) is -0.365. The van der Waals surface area contributed by atoms with Crippen molar-refractivity contribution in [1.29, 1.82) is 0 Å². The van der Waals surface area contributed by atoms with E-state index in [9.17, 15) is 24.3 Å². The van der Waals surface area contributed by atoms with Crippen LogP contribution in [-0.2, 0) is 23.9 Å². The summed E-state index contributed by atoms with van der Waals surface area (Å²) in [7, 11) is 1.27. The Morgan fingerprint density at radius 2 is 1.96 bits per heavy atom. The van der Waals surface area contributed by atoms with E-state index in [2.05, 4.69) is 0 Å². The summed E-state index contributed by atoms with van der Waals surface area (Å²) in [5.41, 5.74) is 0. The van der Waals surface area contributed by atoms with E-state index >= 15 is 0 Å². The van der Waals surface area contributed by atoms with Crippen molar-refractivity contribution >= 4 is 35.5 Å². The van der Waals surface area contributed by atoms with Gasteiger partial charge < -0.3 is 14.7 Å². The number of ether oxygens (including phenoxy) is 1. The van der Waals surface area contributed by atoms with Crippen molar-refractivity contribution in [2.24, 2.45) is 11.8 Å². The zero-order valence-electron chi connectivity index (χ0n) is 15.2. The van der Waals surface area contributed by atoms with Crippen LogP contribution in [0.25, 0.3) is 0 Å². The Bertz CT molecular complexity index is 653. The van der Waals surface area contributed by atoms with Crippen molar-refractivity contribution in [3.63, 3.8) is 0 Å². The summed E-state index contributed by atoms with van der Waals surface area (Å²) < 4.78 is 4.90. The number of hydrogen-bond acceptors (Lipinski definition) is 7. The summed E-state index contributed by atoms with van der Waals surface area (Å²) in [5, 5.41) is 9.19. The maximum absolute atomic E-state index is 12.5. The van der Waals surface area contributed by atoms with Gasteiger partial charge in [-0.2, -0.15) is 0 Å². The number of methoxy groups -OCH3 is 1. The van der Waals surface area contributed by atoms with Crippen LogP contribution in [-0.4, -0.2) is 80.9 Å². The molecular weight excluding hydrogens is 360 g/mol. The minimum absolute atomic E-state index is 0.0828. The largest absolute Gasteiger partial charge is 0.467 e. The monoisotopic (exact) mass is 384 g/mol. The van der Waals surface area contributed by atoms with Crippen molar-refractivity contribution < 1.29 is 29.0 Å². The zero-order valence-corrected chi connectivity index (χ0v) is 16.1. The van der Waals surface area contributed by atoms with Crippen molar-refractivity contribution in [3.8, 4) is 0 Å². The molecule has 144 valence electrons. The van der Waals surface area contributed by atoms with E-state index in [0.29, 0.717) is 13.0 Å². The Kier molecular flexibility index (Phi) is 5.04. The van der Waals surface area contributed by atoms with Crippen LogP contribution < -0.4 is 0 Å². The molecule has 3 saturated heterocycles. The Morgan fingerprint density at radius 1 is 1.31 bits per heavy atom. The number of hydrogen-bond donors (Lipinski definition) is 1. The van der Waals surface area contributed by atoms with Crippen LogP contribution in [0.2, 0.25) is 0 Å². The molecule has 0 aromatic carbocycles. The molecule has 8 nitrogen and oxygen atoms in total. The molecule has 0 spiro atoms. The highest BCUT2D eigenvalue weighted by Gasteiger charge is 2.65. The average molecular weight is 384 g/mol. The van der Waals surface area contributed by atoms with Crippen molar-refractivity contribution in [3.05, 3.63) is 0 Å². The van der Waals surface area contributed by atoms with Gasteiger partial charge in [0.05, 0.1) is 30.4 Å². The molecule has 1 N–H and O–H groups in total. The number of thioether (sulfide) groups is 1. The fraction of sp³-hybridized carbons (Fsp3) is 0.765. The van der Waals surface area contributed by atoms with Gasteiger partial charge >= 0.3 is 5.97 Å². The van der Waals surface area contributed by atoms with E-state index in [4.69, 9.17) is 4.74 Å². The van der Waals surface area contributed by atoms with E-state index < -0.39 is 29.3 Å². The highest BCUT2D eigenvalue weighted by atomic mass is 32.2. The lowest BCUT2D eigenvalue weighted by atomic mass is 9.79. The first kappa shape index (κ1) is 19.2. The Morgan fingerprint density at radius 3 is 2.46 bits per heavy atom. The van der Waals surface area contributed by atoms with Gasteiger partial charge in [-0.25, -0.2) is 4.79 Å². The lowest BCUT2D eigenvalue weighted by molar-refractivity contribution is -0.171. The highest BCUT2D eigenvalue weighted by molar-refractivity contribution is 8.01. The fourth-order valence-electron chi connectivity index (χ4n) is 4.44. The number of nitrogens with zero attached hydrogens (tertiary/aromatic N) is 2. The lowest BCUT2D eigenvalue weighted by Gasteiger charge is -2.47. The van der Waals surface area contributed by atoms with Gasteiger partial charge in [0.15, 0.2) is 0 Å². The first-order chi connectivity index (χ1) is 12.2. The Hall–Kier alpha value is -1.61. The molecule has 26 heavy (non-hydrogen) atoms. The molecular formula is C17H24N2O6S. The summed E-state index contributed by atoms with van der Waals surface area (Å²) in [6.07, 6.45) is -0.270. The van der Waals surface area contributed by atoms with Crippen LogP contribution in [0.1, 0.15) is 27.2 Å². The first-order valence-electron chi connectivity index (χ1n) is 8.76. The number of esters is 1. The van der Waals surface area contributed by atoms with E-state index in [1.165, 1.54) is 35.6 Å². The fourth-order valence-corrected chi connectivity index (χ4v) is 6.10. The maximum atomic E-state index is 12.5. The van der Waals surface area contributed by atoms with Crippen LogP contribution >= 0.6 is 11.8 Å². The SMILES string of the molecule is COC(=O)C1C(SC2CCN(C(C)=O)C2=O)C(C)C2C(C(C)O)C(=O)N12. The molecule has 3 aliphatic heterocycles. The topological polar surface area (TPSA) is 104 Å². The van der Waals surface area contributed by atoms with Gasteiger partial charge in [0.1, 0.15) is 6.04 Å². The third kappa shape index (κ3) is 2.72. The van der Waals surface area contributed by atoms with Crippen LogP contribution in [0.4, 0.5) is 0 Å². The standard InChI is InChI=1S/C17H24N2O6S/c1-7-12-11(8(2)20)16(23)19(12)13(17(24)25-4)14(7)26-10-5-6-18(9(3)21)15(10)22/h7-8,10-14,20H,5-6H2,1-4H3. The van der Waals surface area contributed by atoms with Crippen LogP contribution in [0, 0.1) is 11.8 Å². The summed E-state index contributed by atoms with van der Waals surface area (Å²) in [5.74, 6) is -1.90. The molecule has 7 atom stereocenters. The number of imide groups is 1. The maximum Gasteiger partial charge on any atom is 0.329 e.